The van der Waals surface area contributed by atoms with Crippen LogP contribution in [0, 0.1) is 0 Å². The molecule has 2 N–H and O–H groups in total. The molecular weight excluding hydrogens is 342 g/mol. The Kier molecular flexibility index (Phi) is 4.62. The van der Waals surface area contributed by atoms with Crippen LogP contribution >= 0.6 is 11.3 Å². The van der Waals surface area contributed by atoms with Gasteiger partial charge in [-0.15, -0.1) is 11.3 Å². The van der Waals surface area contributed by atoms with Crippen LogP contribution in [0.2, 0.25) is 0 Å². The summed E-state index contributed by atoms with van der Waals surface area (Å²) in [5.41, 5.74) is 1.00. The molecule has 0 radical (unpaired) electrons. The third-order valence-electron chi connectivity index (χ3n) is 3.30. The zero-order valence-corrected chi connectivity index (χ0v) is 14.3. The lowest BCUT2D eigenvalue weighted by Gasteiger charge is -2.13. The molecule has 1 amide bonds. The van der Waals surface area contributed by atoms with Crippen molar-refractivity contribution in [2.75, 3.05) is 5.32 Å². The summed E-state index contributed by atoms with van der Waals surface area (Å²) >= 11 is 1.35. The quantitative estimate of drug-likeness (QED) is 0.725. The fourth-order valence-electron chi connectivity index (χ4n) is 2.29. The maximum atomic E-state index is 12.5. The number of amides is 1. The molecule has 0 fully saturated rings. The van der Waals surface area contributed by atoms with E-state index in [0.717, 1.165) is 0 Å². The molecule has 1 aromatic carbocycles. The molecule has 3 rings (SSSR count). The van der Waals surface area contributed by atoms with Crippen LogP contribution in [-0.4, -0.2) is 33.1 Å². The lowest BCUT2D eigenvalue weighted by Crippen LogP contribution is -2.17. The summed E-state index contributed by atoms with van der Waals surface area (Å²) in [6.45, 7) is 3.69. The number of aromatic nitrogens is 2. The van der Waals surface area contributed by atoms with Crippen molar-refractivity contribution >= 4 is 39.1 Å². The predicted octanol–water partition coefficient (Wildman–Crippen LogP) is 3.43. The fourth-order valence-corrected chi connectivity index (χ4v) is 3.12. The van der Waals surface area contributed by atoms with E-state index in [0.29, 0.717) is 16.0 Å². The van der Waals surface area contributed by atoms with Gasteiger partial charge in [0.05, 0.1) is 27.6 Å². The van der Waals surface area contributed by atoms with Gasteiger partial charge in [-0.3, -0.25) is 4.79 Å². The molecule has 0 aliphatic carbocycles. The number of nitrogens with zero attached hydrogens (tertiary/aromatic N) is 2. The Morgan fingerprint density at radius 3 is 2.76 bits per heavy atom. The van der Waals surface area contributed by atoms with Gasteiger partial charge in [0.25, 0.3) is 5.91 Å². The zero-order chi connectivity index (χ0) is 18.0. The van der Waals surface area contributed by atoms with Gasteiger partial charge < -0.3 is 15.2 Å². The van der Waals surface area contributed by atoms with Gasteiger partial charge in [-0.1, -0.05) is 0 Å². The van der Waals surface area contributed by atoms with E-state index in [1.807, 2.05) is 19.2 Å². The van der Waals surface area contributed by atoms with Crippen LogP contribution in [0.1, 0.15) is 34.7 Å². The average Bonchev–Trinajstić information content (AvgIpc) is 3.04. The van der Waals surface area contributed by atoms with Gasteiger partial charge in [0.1, 0.15) is 17.8 Å². The van der Waals surface area contributed by atoms with Crippen LogP contribution in [0.25, 0.3) is 10.2 Å². The number of aromatic carboxylic acids is 1. The molecule has 7 nitrogen and oxygen atoms in total. The van der Waals surface area contributed by atoms with Gasteiger partial charge in [-0.2, -0.15) is 0 Å². The number of carbonyl (C=O) groups excluding carboxylic acids is 1. The standard InChI is InChI=1S/C17H15N3O4S/c1-9(2)24-10-3-4-12(11(7-10)17(22)23)20-16(21)14-15-13(5-6-25-15)18-8-19-14/h3-9H,1-2H3,(H,20,21)(H,22,23). The van der Waals surface area contributed by atoms with Gasteiger partial charge in [-0.05, 0) is 43.5 Å². The van der Waals surface area contributed by atoms with Crippen molar-refractivity contribution in [2.45, 2.75) is 20.0 Å². The first kappa shape index (κ1) is 16.8. The van der Waals surface area contributed by atoms with Crippen molar-refractivity contribution < 1.29 is 19.4 Å². The molecule has 8 heteroatoms. The average molecular weight is 357 g/mol. The Bertz CT molecular complexity index is 952. The summed E-state index contributed by atoms with van der Waals surface area (Å²) in [5, 5.41) is 13.8. The van der Waals surface area contributed by atoms with Gasteiger partial charge >= 0.3 is 5.97 Å². The number of fused-ring (bicyclic) bond motifs is 1. The second-order valence-corrected chi connectivity index (χ2v) is 6.41. The van der Waals surface area contributed by atoms with Crippen molar-refractivity contribution in [3.05, 3.63) is 47.2 Å². The molecule has 128 valence electrons. The molecule has 0 atom stereocenters. The van der Waals surface area contributed by atoms with E-state index in [-0.39, 0.29) is 23.0 Å². The van der Waals surface area contributed by atoms with Crippen LogP contribution in [0.4, 0.5) is 5.69 Å². The predicted molar refractivity (Wildman–Crippen MR) is 94.5 cm³/mol. The Labute approximate surface area is 147 Å². The Morgan fingerprint density at radius 1 is 1.24 bits per heavy atom. The molecule has 0 saturated carbocycles. The summed E-state index contributed by atoms with van der Waals surface area (Å²) < 4.78 is 6.15. The monoisotopic (exact) mass is 357 g/mol. The second kappa shape index (κ2) is 6.86. The number of carboxylic acid groups (broad SMARTS) is 1. The number of carboxylic acids is 1. The smallest absolute Gasteiger partial charge is 0.337 e. The normalized spacial score (nSPS) is 10.8. The third kappa shape index (κ3) is 3.58. The number of hydrogen-bond donors (Lipinski definition) is 2. The van der Waals surface area contributed by atoms with E-state index in [9.17, 15) is 14.7 Å². The molecular formula is C17H15N3O4S. The number of hydrogen-bond acceptors (Lipinski definition) is 6. The molecule has 25 heavy (non-hydrogen) atoms. The summed E-state index contributed by atoms with van der Waals surface area (Å²) in [6.07, 6.45) is 1.22. The lowest BCUT2D eigenvalue weighted by molar-refractivity contribution is 0.0697. The van der Waals surface area contributed by atoms with Crippen LogP contribution in [0.3, 0.4) is 0 Å². The SMILES string of the molecule is CC(C)Oc1ccc(NC(=O)c2ncnc3ccsc23)c(C(=O)O)c1. The molecule has 2 heterocycles. The fraction of sp³-hybridized carbons (Fsp3) is 0.176. The van der Waals surface area contributed by atoms with Crippen LogP contribution in [-0.2, 0) is 0 Å². The molecule has 0 saturated heterocycles. The maximum Gasteiger partial charge on any atom is 0.337 e. The van der Waals surface area contributed by atoms with E-state index in [2.05, 4.69) is 15.3 Å². The highest BCUT2D eigenvalue weighted by molar-refractivity contribution is 7.17. The van der Waals surface area contributed by atoms with Crippen LogP contribution in [0.5, 0.6) is 5.75 Å². The highest BCUT2D eigenvalue weighted by Gasteiger charge is 2.18. The first-order valence-corrected chi connectivity index (χ1v) is 8.37. The van der Waals surface area contributed by atoms with Gasteiger partial charge in [-0.25, -0.2) is 14.8 Å². The summed E-state index contributed by atoms with van der Waals surface area (Å²) in [5.74, 6) is -1.23. The number of ether oxygens (including phenoxy) is 1. The van der Waals surface area contributed by atoms with Crippen molar-refractivity contribution in [1.82, 2.24) is 9.97 Å². The number of benzene rings is 1. The number of anilines is 1. The molecule has 2 aromatic heterocycles. The first-order valence-electron chi connectivity index (χ1n) is 7.49. The van der Waals surface area contributed by atoms with Gasteiger partial charge in [0, 0.05) is 0 Å². The number of rotatable bonds is 5. The van der Waals surface area contributed by atoms with E-state index in [1.54, 1.807) is 12.1 Å². The highest BCUT2D eigenvalue weighted by Crippen LogP contribution is 2.25. The van der Waals surface area contributed by atoms with Crippen molar-refractivity contribution in [3.8, 4) is 5.75 Å². The molecule has 3 aromatic rings. The minimum Gasteiger partial charge on any atom is -0.491 e. The van der Waals surface area contributed by atoms with Crippen molar-refractivity contribution in [1.29, 1.82) is 0 Å². The topological polar surface area (TPSA) is 101 Å². The molecule has 0 aliphatic rings. The number of carbonyl (C=O) groups is 2. The number of thiophene rings is 1. The number of nitrogens with one attached hydrogen (secondary N) is 1. The van der Waals surface area contributed by atoms with E-state index in [1.165, 1.54) is 29.8 Å². The second-order valence-electron chi connectivity index (χ2n) is 5.49. The van der Waals surface area contributed by atoms with Gasteiger partial charge in [0.15, 0.2) is 0 Å². The highest BCUT2D eigenvalue weighted by atomic mass is 32.1. The lowest BCUT2D eigenvalue weighted by atomic mass is 10.1. The molecule has 0 aliphatic heterocycles. The maximum absolute atomic E-state index is 12.5. The summed E-state index contributed by atoms with van der Waals surface area (Å²) in [7, 11) is 0. The van der Waals surface area contributed by atoms with Gasteiger partial charge in [0.2, 0.25) is 0 Å². The molecule has 0 unspecified atom stereocenters. The Morgan fingerprint density at radius 2 is 2.04 bits per heavy atom. The van der Waals surface area contributed by atoms with E-state index >= 15 is 0 Å². The largest absolute Gasteiger partial charge is 0.491 e. The van der Waals surface area contributed by atoms with Crippen molar-refractivity contribution in [2.24, 2.45) is 0 Å². The van der Waals surface area contributed by atoms with Crippen molar-refractivity contribution in [3.63, 3.8) is 0 Å². The van der Waals surface area contributed by atoms with E-state index < -0.39 is 11.9 Å². The Hall–Kier alpha value is -3.00. The zero-order valence-electron chi connectivity index (χ0n) is 13.5. The minimum absolute atomic E-state index is 0.0528. The summed E-state index contributed by atoms with van der Waals surface area (Å²) in [6, 6.07) is 6.30. The molecule has 0 spiro atoms. The first-order chi connectivity index (χ1) is 12.0. The third-order valence-corrected chi connectivity index (χ3v) is 4.21. The minimum atomic E-state index is -1.16. The summed E-state index contributed by atoms with van der Waals surface area (Å²) in [4.78, 5) is 32.2. The van der Waals surface area contributed by atoms with Crippen LogP contribution < -0.4 is 10.1 Å². The van der Waals surface area contributed by atoms with Crippen LogP contribution in [0.15, 0.2) is 36.0 Å². The molecule has 0 bridgehead atoms. The Balaban J connectivity index is 1.93. The van der Waals surface area contributed by atoms with E-state index in [4.69, 9.17) is 4.74 Å².